The van der Waals surface area contributed by atoms with Gasteiger partial charge < -0.3 is 39.6 Å². The van der Waals surface area contributed by atoms with Crippen molar-refractivity contribution in [2.24, 2.45) is 0 Å². The smallest absolute Gasteiger partial charge is 0.550 e. The Hall–Kier alpha value is 1.10. The van der Waals surface area contributed by atoms with Crippen molar-refractivity contribution in [1.29, 1.82) is 0 Å². The van der Waals surface area contributed by atoms with Gasteiger partial charge in [-0.2, -0.15) is 50.5 Å². The van der Waals surface area contributed by atoms with Gasteiger partial charge >= 0.3 is 54.0 Å². The second kappa shape index (κ2) is 13.4. The number of thiol groups is 4. The predicted octanol–water partition coefficient (Wildman–Crippen LogP) is -8.51. The van der Waals surface area contributed by atoms with Crippen LogP contribution in [0.4, 0.5) is 0 Å². The molecule has 0 aliphatic heterocycles. The van der Waals surface area contributed by atoms with Crippen molar-refractivity contribution in [2.75, 3.05) is 0 Å². The van der Waals surface area contributed by atoms with Crippen LogP contribution >= 0.6 is 50.5 Å². The molecule has 0 bridgehead atoms. The second-order valence-electron chi connectivity index (χ2n) is 3.31. The molecule has 22 heavy (non-hydrogen) atoms. The number of rotatable bonds is 6. The fourth-order valence-corrected chi connectivity index (χ4v) is 1.06. The fraction of sp³-hybridized carbons (Fsp3) is 0.500. The van der Waals surface area contributed by atoms with E-state index in [1.165, 1.54) is 0 Å². The summed E-state index contributed by atoms with van der Waals surface area (Å²) in [6, 6.07) is 0. The van der Waals surface area contributed by atoms with E-state index in [0.717, 1.165) is 0 Å². The Kier molecular flexibility index (Phi) is 18.8. The molecule has 0 rings (SSSR count). The molecule has 0 aromatic rings. The fourth-order valence-electron chi connectivity index (χ4n) is 0.547. The summed E-state index contributed by atoms with van der Waals surface area (Å²) >= 11 is 13.6. The third-order valence-electron chi connectivity index (χ3n) is 1.44. The topological polar surface area (TPSA) is 161 Å². The summed E-state index contributed by atoms with van der Waals surface area (Å²) in [4.78, 5) is 39.6. The number of carboxylic acid groups (broad SMARTS) is 4. The Labute approximate surface area is 187 Å². The molecule has 0 saturated heterocycles. The number of hydrogen-bond acceptors (Lipinski definition) is 12. The molecule has 0 heterocycles. The summed E-state index contributed by atoms with van der Waals surface area (Å²) in [6.07, 6.45) is -1.58. The summed E-state index contributed by atoms with van der Waals surface area (Å²) in [5, 5.41) is 39.6. The molecule has 0 aromatic carbocycles. The minimum absolute atomic E-state index is 0. The first-order valence-electron chi connectivity index (χ1n) is 4.44. The third kappa shape index (κ3) is 16.0. The van der Waals surface area contributed by atoms with Gasteiger partial charge in [0.25, 0.3) is 0 Å². The maximum Gasteiger partial charge on any atom is 3.00 e. The first-order chi connectivity index (χ1) is 8.72. The van der Waals surface area contributed by atoms with E-state index < -0.39 is 44.9 Å². The van der Waals surface area contributed by atoms with Gasteiger partial charge in [0.2, 0.25) is 0 Å². The van der Waals surface area contributed by atoms with Crippen molar-refractivity contribution >= 4 is 98.8 Å². The van der Waals surface area contributed by atoms with E-state index in [4.69, 9.17) is 0 Å². The zero-order valence-corrected chi connectivity index (χ0v) is 19.0. The van der Waals surface area contributed by atoms with E-state index in [0.29, 0.717) is 0 Å². The summed E-state index contributed by atoms with van der Waals surface area (Å²) in [5.74, 6) is -6.37. The van der Waals surface area contributed by atoms with Gasteiger partial charge in [0.15, 0.2) is 0 Å². The first kappa shape index (κ1) is 30.9. The monoisotopic (exact) mass is 504 g/mol. The van der Waals surface area contributed by atoms with Crippen LogP contribution in [-0.4, -0.2) is 56.5 Å². The zero-order chi connectivity index (χ0) is 16.7. The number of hydrogen-bond donors (Lipinski definition) is 4. The van der Waals surface area contributed by atoms with Crippen molar-refractivity contribution in [3.05, 3.63) is 0 Å². The zero-order valence-electron chi connectivity index (χ0n) is 10.9. The van der Waals surface area contributed by atoms with Gasteiger partial charge in [0.05, 0.1) is 20.1 Å². The van der Waals surface area contributed by atoms with Gasteiger partial charge in [-0.15, -0.1) is 0 Å². The molecule has 0 atom stereocenters. The summed E-state index contributed by atoms with van der Waals surface area (Å²) in [6.45, 7) is 0. The van der Waals surface area contributed by atoms with Gasteiger partial charge in [0.1, 0.15) is 0 Å². The van der Waals surface area contributed by atoms with Gasteiger partial charge in [-0.1, -0.05) is 0 Å². The molecule has 0 spiro atoms. The van der Waals surface area contributed by atoms with Crippen molar-refractivity contribution in [2.45, 2.75) is 21.0 Å². The van der Waals surface area contributed by atoms with E-state index in [1.807, 2.05) is 0 Å². The van der Waals surface area contributed by atoms with Crippen LogP contribution in [0.3, 0.4) is 0 Å². The van der Waals surface area contributed by atoms with Gasteiger partial charge in [0, 0.05) is 24.8 Å². The molecule has 8 nitrogen and oxygen atoms in total. The molecule has 2 radical (unpaired) electrons. The number of carboxylic acids is 4. The van der Waals surface area contributed by atoms with Crippen molar-refractivity contribution in [3.8, 4) is 0 Å². The summed E-state index contributed by atoms with van der Waals surface area (Å²) < 4.78 is -3.89. The van der Waals surface area contributed by atoms with Gasteiger partial charge in [-0.3, -0.25) is 0 Å². The molecule has 0 aromatic heterocycles. The van der Waals surface area contributed by atoms with Crippen LogP contribution < -0.4 is 50.0 Å². The molecular formula is C8H8NaO8S4Sb. The first-order valence-corrected chi connectivity index (χ1v) is 6.23. The van der Waals surface area contributed by atoms with Gasteiger partial charge in [-0.05, 0) is 0 Å². The van der Waals surface area contributed by atoms with Crippen LogP contribution in [0.5, 0.6) is 0 Å². The average molecular weight is 505 g/mol. The Morgan fingerprint density at radius 1 is 0.682 bits per heavy atom. The number of carbonyl (C=O) groups is 4. The second-order valence-corrected chi connectivity index (χ2v) is 7.07. The minimum atomic E-state index is -1.95. The SMILES string of the molecule is O=C([O-])CC(S)(S)C(=O)[O-].O=C([O-])CC(S)(S)C(=O)[O-].[Na+].[Sb+3]. The molecule has 118 valence electrons. The summed E-state index contributed by atoms with van der Waals surface area (Å²) in [5.41, 5.74) is 0. The van der Waals surface area contributed by atoms with Crippen molar-refractivity contribution in [1.82, 2.24) is 0 Å². The van der Waals surface area contributed by atoms with E-state index in [1.54, 1.807) is 0 Å². The number of aliphatic carboxylic acids is 4. The molecule has 0 unspecified atom stereocenters. The molecule has 0 saturated carbocycles. The standard InChI is InChI=1S/2C4H6O4S2.Na.Sb/c2*5-2(6)1-4(9,10)3(7)8;;/h2*9-10H,1H2,(H,5,6)(H,7,8);;/q;;+1;+3/p-4. The maximum atomic E-state index is 10.0. The summed E-state index contributed by atoms with van der Waals surface area (Å²) in [7, 11) is 0. The Bertz CT molecular complexity index is 379. The molecule has 0 aliphatic carbocycles. The van der Waals surface area contributed by atoms with E-state index in [2.05, 4.69) is 50.5 Å². The van der Waals surface area contributed by atoms with Gasteiger partial charge in [-0.25, -0.2) is 0 Å². The maximum absolute atomic E-state index is 10.0. The van der Waals surface area contributed by atoms with Crippen LogP contribution in [-0.2, 0) is 19.2 Å². The molecule has 0 N–H and O–H groups in total. The molecule has 0 aliphatic rings. The van der Waals surface area contributed by atoms with Crippen LogP contribution in [0.25, 0.3) is 0 Å². The molecule has 0 amide bonds. The van der Waals surface area contributed by atoms with E-state index >= 15 is 0 Å². The van der Waals surface area contributed by atoms with Crippen molar-refractivity contribution < 1.29 is 69.2 Å². The van der Waals surface area contributed by atoms with E-state index in [-0.39, 0.29) is 54.0 Å². The minimum Gasteiger partial charge on any atom is -0.550 e. The molecule has 0 fully saturated rings. The third-order valence-corrected chi connectivity index (χ3v) is 2.80. The van der Waals surface area contributed by atoms with Crippen molar-refractivity contribution in [3.63, 3.8) is 0 Å². The average Bonchev–Trinajstić information content (AvgIpc) is 2.13. The molecule has 14 heteroatoms. The van der Waals surface area contributed by atoms with Crippen LogP contribution in [0.2, 0.25) is 0 Å². The van der Waals surface area contributed by atoms with Crippen LogP contribution in [0, 0.1) is 0 Å². The van der Waals surface area contributed by atoms with Crippen LogP contribution in [0.1, 0.15) is 12.8 Å². The Morgan fingerprint density at radius 3 is 0.909 bits per heavy atom. The Balaban J connectivity index is -0.000000135. The Morgan fingerprint density at radius 2 is 0.864 bits per heavy atom. The van der Waals surface area contributed by atoms with Crippen LogP contribution in [0.15, 0.2) is 0 Å². The quantitative estimate of drug-likeness (QED) is 0.157. The number of carbonyl (C=O) groups excluding carboxylic acids is 4. The molecular weight excluding hydrogens is 497 g/mol. The normalized spacial score (nSPS) is 10.0. The van der Waals surface area contributed by atoms with E-state index in [9.17, 15) is 39.6 Å². The largest absolute Gasteiger partial charge is 3.00 e. The predicted molar refractivity (Wildman–Crippen MR) is 76.4 cm³/mol.